The molecule has 0 aliphatic heterocycles. The fourth-order valence-corrected chi connectivity index (χ4v) is 0. The first-order chi connectivity index (χ1) is 2.27. The summed E-state index contributed by atoms with van der Waals surface area (Å²) in [5, 5.41) is 0. The van der Waals surface area contributed by atoms with Gasteiger partial charge in [-0.1, -0.05) is 0 Å². The average Bonchev–Trinajstić information content (AvgIpc) is 1.38. The van der Waals surface area contributed by atoms with Crippen LogP contribution in [-0.2, 0) is 0 Å². The second kappa shape index (κ2) is 3.25. The SMILES string of the molecule is [3H]C(Cl)CN. The monoisotopic (exact) mass is 81.0 g/mol. The highest BCUT2D eigenvalue weighted by Gasteiger charge is 1.58. The molecule has 2 N–H and O–H groups in total. The van der Waals surface area contributed by atoms with E-state index in [-0.39, 0.29) is 6.54 Å². The van der Waals surface area contributed by atoms with Crippen LogP contribution in [0.2, 0.25) is 0 Å². The van der Waals surface area contributed by atoms with Crippen LogP contribution in [0.3, 0.4) is 0 Å². The predicted octanol–water partition coefficient (Wildman–Crippen LogP) is 0.184. The second-order valence-electron chi connectivity index (χ2n) is 0.390. The van der Waals surface area contributed by atoms with Gasteiger partial charge >= 0.3 is 0 Å². The molecule has 0 aliphatic carbocycles. The van der Waals surface area contributed by atoms with Crippen molar-refractivity contribution in [2.24, 2.45) is 5.73 Å². The number of hydrogen-bond donors (Lipinski definition) is 1. The maximum absolute atomic E-state index is 6.47. The summed E-state index contributed by atoms with van der Waals surface area (Å²) in [6.45, 7) is 0.238. The summed E-state index contributed by atoms with van der Waals surface area (Å²) < 4.78 is 6.47. The van der Waals surface area contributed by atoms with Crippen molar-refractivity contribution in [1.82, 2.24) is 0 Å². The predicted molar refractivity (Wildman–Crippen MR) is 19.8 cm³/mol. The Kier molecular flexibility index (Phi) is 2.02. The number of nitrogens with two attached hydrogens (primary N) is 1. The van der Waals surface area contributed by atoms with Crippen LogP contribution >= 0.6 is 11.6 Å². The molecule has 0 saturated heterocycles. The summed E-state index contributed by atoms with van der Waals surface area (Å²) in [6.07, 6.45) is 0. The van der Waals surface area contributed by atoms with Gasteiger partial charge < -0.3 is 5.73 Å². The van der Waals surface area contributed by atoms with Crippen LogP contribution in [0.1, 0.15) is 1.37 Å². The smallest absolute Gasteiger partial charge is 0.0448 e. The summed E-state index contributed by atoms with van der Waals surface area (Å²) in [5.41, 5.74) is 4.85. The summed E-state index contributed by atoms with van der Waals surface area (Å²) in [5.74, 6) is -0.616. The summed E-state index contributed by atoms with van der Waals surface area (Å²) in [7, 11) is 0. The van der Waals surface area contributed by atoms with Crippen molar-refractivity contribution in [2.45, 2.75) is 0 Å². The van der Waals surface area contributed by atoms with E-state index in [1.807, 2.05) is 0 Å². The minimum Gasteiger partial charge on any atom is -0.329 e. The molecule has 0 radical (unpaired) electrons. The zero-order chi connectivity index (χ0) is 4.28. The number of halogens is 1. The van der Waals surface area contributed by atoms with Gasteiger partial charge in [0.1, 0.15) is 0 Å². The number of rotatable bonds is 1. The highest BCUT2D eigenvalue weighted by Crippen LogP contribution is 1.60. The lowest BCUT2D eigenvalue weighted by atomic mass is 10.8. The normalized spacial score (nSPS) is 19.0. The van der Waals surface area contributed by atoms with Crippen molar-refractivity contribution in [1.29, 1.82) is 0 Å². The molecule has 4 heavy (non-hydrogen) atoms. The number of hydrogen-bond acceptors (Lipinski definition) is 1. The molecule has 0 amide bonds. The number of alkyl halides is 1. The third kappa shape index (κ3) is 2.25. The molecule has 0 bridgehead atoms. The van der Waals surface area contributed by atoms with Crippen LogP contribution in [0.5, 0.6) is 0 Å². The van der Waals surface area contributed by atoms with E-state index < -0.39 is 5.86 Å². The summed E-state index contributed by atoms with van der Waals surface area (Å²) in [4.78, 5) is 0. The van der Waals surface area contributed by atoms with E-state index in [0.29, 0.717) is 0 Å². The molecule has 0 aliphatic rings. The van der Waals surface area contributed by atoms with Crippen molar-refractivity contribution >= 4 is 11.6 Å². The molecule has 2 heteroatoms. The van der Waals surface area contributed by atoms with Gasteiger partial charge in [-0.3, -0.25) is 0 Å². The van der Waals surface area contributed by atoms with Gasteiger partial charge in [0.2, 0.25) is 0 Å². The minimum atomic E-state index is -0.616. The molecule has 1 atom stereocenters. The third-order valence-electron chi connectivity index (χ3n) is 0.0891. The van der Waals surface area contributed by atoms with Crippen molar-refractivity contribution < 1.29 is 1.37 Å². The van der Waals surface area contributed by atoms with Gasteiger partial charge in [0.25, 0.3) is 0 Å². The van der Waals surface area contributed by atoms with E-state index in [9.17, 15) is 0 Å². The van der Waals surface area contributed by atoms with Gasteiger partial charge in [0.05, 0.1) is 0 Å². The fourth-order valence-electron chi connectivity index (χ4n) is 0. The molecule has 0 rings (SSSR count). The van der Waals surface area contributed by atoms with Crippen molar-refractivity contribution in [3.63, 3.8) is 0 Å². The van der Waals surface area contributed by atoms with Gasteiger partial charge in [-0.2, -0.15) is 0 Å². The molecular weight excluding hydrogens is 73.5 g/mol. The first-order valence-electron chi connectivity index (χ1n) is 1.61. The Morgan fingerprint density at radius 2 is 2.50 bits per heavy atom. The topological polar surface area (TPSA) is 26.0 Å². The van der Waals surface area contributed by atoms with Gasteiger partial charge in [0.15, 0.2) is 0 Å². The Balaban J connectivity index is 2.54. The highest BCUT2D eigenvalue weighted by molar-refractivity contribution is 6.18. The van der Waals surface area contributed by atoms with E-state index in [1.54, 1.807) is 0 Å². The molecule has 1 nitrogen and oxygen atoms in total. The largest absolute Gasteiger partial charge is 0.329 e. The summed E-state index contributed by atoms with van der Waals surface area (Å²) in [6, 6.07) is 0. The summed E-state index contributed by atoms with van der Waals surface area (Å²) >= 11 is 5.00. The van der Waals surface area contributed by atoms with Crippen LogP contribution in [0, 0.1) is 0 Å². The lowest BCUT2D eigenvalue weighted by Crippen LogP contribution is -1.97. The molecule has 26 valence electrons. The van der Waals surface area contributed by atoms with E-state index >= 15 is 0 Å². The van der Waals surface area contributed by atoms with Gasteiger partial charge in [-0.15, -0.1) is 11.6 Å². The van der Waals surface area contributed by atoms with Crippen molar-refractivity contribution in [3.05, 3.63) is 0 Å². The molecule has 0 aromatic rings. The Morgan fingerprint density at radius 3 is 2.50 bits per heavy atom. The standard InChI is InChI=1S/C2H6ClN/c3-1-2-4/h1-2,4H2/i1T. The molecule has 0 aromatic carbocycles. The Hall–Kier alpha value is 0.250. The van der Waals surface area contributed by atoms with Crippen LogP contribution in [0.25, 0.3) is 0 Å². The zero-order valence-electron chi connectivity index (χ0n) is 3.24. The Morgan fingerprint density at radius 1 is 2.25 bits per heavy atom. The van der Waals surface area contributed by atoms with Gasteiger partial charge in [-0.25, -0.2) is 0 Å². The molecular formula is C2H6ClN. The van der Waals surface area contributed by atoms with E-state index in [4.69, 9.17) is 18.7 Å². The van der Waals surface area contributed by atoms with Crippen LogP contribution < -0.4 is 5.73 Å². The molecule has 0 fully saturated rings. The lowest BCUT2D eigenvalue weighted by molar-refractivity contribution is 1.14. The first-order valence-corrected chi connectivity index (χ1v) is 1.47. The van der Waals surface area contributed by atoms with Crippen LogP contribution in [-0.4, -0.2) is 12.4 Å². The average molecular weight is 81.5 g/mol. The lowest BCUT2D eigenvalue weighted by Gasteiger charge is -1.68. The maximum atomic E-state index is 6.47. The maximum Gasteiger partial charge on any atom is 0.0448 e. The van der Waals surface area contributed by atoms with Gasteiger partial charge in [0, 0.05) is 13.8 Å². The second-order valence-corrected chi connectivity index (χ2v) is 0.699. The Bertz CT molecular complexity index is 23.6. The third-order valence-corrected chi connectivity index (χ3v) is 0.267. The minimum absolute atomic E-state index is 0.238. The molecule has 1 unspecified atom stereocenters. The first kappa shape index (κ1) is 2.49. The molecule has 0 saturated carbocycles. The van der Waals surface area contributed by atoms with Gasteiger partial charge in [-0.05, 0) is 0 Å². The van der Waals surface area contributed by atoms with E-state index in [1.165, 1.54) is 0 Å². The van der Waals surface area contributed by atoms with Crippen molar-refractivity contribution in [2.75, 3.05) is 12.4 Å². The van der Waals surface area contributed by atoms with Crippen molar-refractivity contribution in [3.8, 4) is 0 Å². The van der Waals surface area contributed by atoms with Crippen LogP contribution in [0.15, 0.2) is 0 Å². The van der Waals surface area contributed by atoms with Crippen LogP contribution in [0.4, 0.5) is 0 Å². The molecule has 0 spiro atoms. The molecule has 0 aromatic heterocycles. The zero-order valence-corrected chi connectivity index (χ0v) is 3.00. The highest BCUT2D eigenvalue weighted by atomic mass is 35.5. The molecule has 0 heterocycles. The van der Waals surface area contributed by atoms with E-state index in [2.05, 4.69) is 0 Å². The Labute approximate surface area is 32.2 Å². The fraction of sp³-hybridized carbons (Fsp3) is 1.00. The van der Waals surface area contributed by atoms with E-state index in [0.717, 1.165) is 0 Å². The quantitative estimate of drug-likeness (QED) is 0.448.